The summed E-state index contributed by atoms with van der Waals surface area (Å²) in [4.78, 5) is 10.6. The number of hydrogen-bond acceptors (Lipinski definition) is 6. The lowest BCUT2D eigenvalue weighted by molar-refractivity contribution is -0.157. The molecule has 7 nitrogen and oxygen atoms in total. The summed E-state index contributed by atoms with van der Waals surface area (Å²) in [6.45, 7) is 3.10. The van der Waals surface area contributed by atoms with Crippen LogP contribution in [0, 0.1) is 0 Å². The fourth-order valence-corrected chi connectivity index (χ4v) is 3.39. The molecule has 182 valence electrons. The zero-order valence-corrected chi connectivity index (χ0v) is 18.7. The minimum Gasteiger partial charge on any atom is -0.481 e. The highest BCUT2D eigenvalue weighted by Crippen LogP contribution is 2.31. The van der Waals surface area contributed by atoms with Gasteiger partial charge in [-0.2, -0.15) is 13.2 Å². The van der Waals surface area contributed by atoms with Crippen molar-refractivity contribution in [3.63, 3.8) is 0 Å². The molecule has 0 aliphatic rings. The van der Waals surface area contributed by atoms with E-state index in [0.717, 1.165) is 36.1 Å². The molecule has 0 fully saturated rings. The number of benzene rings is 2. The van der Waals surface area contributed by atoms with Crippen molar-refractivity contribution in [2.45, 2.75) is 51.4 Å². The molecule has 10 heteroatoms. The average Bonchev–Trinajstić information content (AvgIpc) is 3.31. The van der Waals surface area contributed by atoms with Crippen LogP contribution in [-0.2, 0) is 17.5 Å². The zero-order chi connectivity index (χ0) is 24.6. The van der Waals surface area contributed by atoms with Gasteiger partial charge in [0.25, 0.3) is 0 Å². The van der Waals surface area contributed by atoms with Gasteiger partial charge in [-0.25, -0.2) is 0 Å². The van der Waals surface area contributed by atoms with Gasteiger partial charge in [0.1, 0.15) is 0 Å². The molecule has 3 rings (SSSR count). The molecule has 3 aromatic rings. The van der Waals surface area contributed by atoms with Crippen LogP contribution in [0.3, 0.4) is 0 Å². The number of alkyl halides is 3. The highest BCUT2D eigenvalue weighted by molar-refractivity contribution is 5.66. The average molecular weight is 476 g/mol. The Kier molecular flexibility index (Phi) is 8.64. The molecule has 34 heavy (non-hydrogen) atoms. The number of carbonyl (C=O) groups is 1. The molecule has 0 saturated carbocycles. The number of rotatable bonds is 12. The van der Waals surface area contributed by atoms with Crippen molar-refractivity contribution in [3.8, 4) is 11.5 Å². The molecule has 2 aromatic carbocycles. The third kappa shape index (κ3) is 7.31. The van der Waals surface area contributed by atoms with Gasteiger partial charge in [-0.1, -0.05) is 44.0 Å². The maximum atomic E-state index is 12.7. The molecule has 3 N–H and O–H groups in total. The van der Waals surface area contributed by atoms with Crippen molar-refractivity contribution in [1.82, 2.24) is 15.5 Å². The second-order valence-corrected chi connectivity index (χ2v) is 7.89. The van der Waals surface area contributed by atoms with Crippen molar-refractivity contribution < 1.29 is 27.5 Å². The fraction of sp³-hybridized carbons (Fsp3) is 0.375. The summed E-state index contributed by atoms with van der Waals surface area (Å²) < 4.78 is 42.9. The van der Waals surface area contributed by atoms with Gasteiger partial charge in [-0.05, 0) is 41.8 Å². The van der Waals surface area contributed by atoms with Gasteiger partial charge in [0, 0.05) is 24.3 Å². The van der Waals surface area contributed by atoms with E-state index in [1.165, 1.54) is 0 Å². The van der Waals surface area contributed by atoms with E-state index in [0.29, 0.717) is 18.7 Å². The van der Waals surface area contributed by atoms with Crippen molar-refractivity contribution >= 4 is 11.7 Å². The number of nitrogens with zero attached hydrogens (tertiary/aromatic N) is 2. The van der Waals surface area contributed by atoms with Crippen LogP contribution in [0.2, 0.25) is 0 Å². The zero-order valence-electron chi connectivity index (χ0n) is 18.7. The smallest absolute Gasteiger partial charge is 0.470 e. The normalized spacial score (nSPS) is 12.5. The lowest BCUT2D eigenvalue weighted by atomic mass is 9.99. The van der Waals surface area contributed by atoms with Crippen LogP contribution in [0.1, 0.15) is 55.7 Å². The minimum atomic E-state index is -4.68. The first-order valence-corrected chi connectivity index (χ1v) is 11.0. The number of carboxylic acids is 1. The van der Waals surface area contributed by atoms with E-state index in [1.807, 2.05) is 36.4 Å². The Morgan fingerprint density at radius 1 is 1.09 bits per heavy atom. The molecule has 0 aliphatic carbocycles. The number of aromatic nitrogens is 2. The lowest BCUT2D eigenvalue weighted by Crippen LogP contribution is -2.17. The van der Waals surface area contributed by atoms with Crippen LogP contribution in [0.4, 0.5) is 18.9 Å². The number of unbranched alkanes of at least 4 members (excludes halogenated alkanes) is 1. The van der Waals surface area contributed by atoms with E-state index in [4.69, 9.17) is 9.52 Å². The van der Waals surface area contributed by atoms with E-state index >= 15 is 0 Å². The minimum absolute atomic E-state index is 0.0157. The van der Waals surface area contributed by atoms with Crippen LogP contribution in [0.5, 0.6) is 0 Å². The molecule has 1 atom stereocenters. The largest absolute Gasteiger partial charge is 0.481 e. The molecule has 0 saturated heterocycles. The van der Waals surface area contributed by atoms with E-state index in [9.17, 15) is 18.0 Å². The van der Waals surface area contributed by atoms with E-state index in [2.05, 4.69) is 27.8 Å². The predicted octanol–water partition coefficient (Wildman–Crippen LogP) is 5.66. The first kappa shape index (κ1) is 25.2. The topological polar surface area (TPSA) is 100 Å². The van der Waals surface area contributed by atoms with Gasteiger partial charge >= 0.3 is 18.0 Å². The Labute approximate surface area is 195 Å². The first-order valence-electron chi connectivity index (χ1n) is 11.0. The number of nitrogens with one attached hydrogen (secondary N) is 2. The SMILES string of the molecule is CCCC[C@H](Nc1ccc(CNCCC(=O)O)cc1)c1ccc(-c2nnc(C(F)(F)F)o2)cc1. The molecule has 0 spiro atoms. The molecular formula is C24H27F3N4O3. The van der Waals surface area contributed by atoms with Gasteiger partial charge in [0.2, 0.25) is 5.89 Å². The summed E-state index contributed by atoms with van der Waals surface area (Å²) >= 11 is 0. The summed E-state index contributed by atoms with van der Waals surface area (Å²) in [6, 6.07) is 15.0. The standard InChI is InChI=1S/C24H27F3N4O3/c1-2-3-4-20(29-19-11-5-16(6-12-19)15-28-14-13-21(32)33)17-7-9-18(10-8-17)22-30-31-23(34-22)24(25,26)27/h5-12,20,28-29H,2-4,13-15H2,1H3,(H,32,33)/t20-/m0/s1. The van der Waals surface area contributed by atoms with Crippen molar-refractivity contribution in [2.75, 3.05) is 11.9 Å². The number of carboxylic acid groups (broad SMARTS) is 1. The second kappa shape index (κ2) is 11.6. The summed E-state index contributed by atoms with van der Waals surface area (Å²) in [5.74, 6) is -2.37. The van der Waals surface area contributed by atoms with E-state index < -0.39 is 18.0 Å². The first-order chi connectivity index (χ1) is 16.3. The Hall–Kier alpha value is -3.40. The molecule has 0 unspecified atom stereocenters. The highest BCUT2D eigenvalue weighted by Gasteiger charge is 2.38. The van der Waals surface area contributed by atoms with Gasteiger partial charge in [-0.15, -0.1) is 10.2 Å². The van der Waals surface area contributed by atoms with Crippen LogP contribution in [0.25, 0.3) is 11.5 Å². The third-order valence-corrected chi connectivity index (χ3v) is 5.21. The highest BCUT2D eigenvalue weighted by atomic mass is 19.4. The molecule has 0 bridgehead atoms. The van der Waals surface area contributed by atoms with E-state index in [1.54, 1.807) is 12.1 Å². The Balaban J connectivity index is 1.66. The van der Waals surface area contributed by atoms with Gasteiger partial charge in [0.15, 0.2) is 0 Å². The molecule has 0 aliphatic heterocycles. The number of anilines is 1. The summed E-state index contributed by atoms with van der Waals surface area (Å²) in [6.07, 6.45) is -1.69. The molecule has 0 radical (unpaired) electrons. The van der Waals surface area contributed by atoms with Crippen molar-refractivity contribution in [3.05, 3.63) is 65.5 Å². The van der Waals surface area contributed by atoms with Crippen LogP contribution < -0.4 is 10.6 Å². The van der Waals surface area contributed by atoms with Crippen LogP contribution >= 0.6 is 0 Å². The fourth-order valence-electron chi connectivity index (χ4n) is 3.39. The van der Waals surface area contributed by atoms with Gasteiger partial charge in [-0.3, -0.25) is 4.79 Å². The van der Waals surface area contributed by atoms with Crippen molar-refractivity contribution in [2.24, 2.45) is 0 Å². The Morgan fingerprint density at radius 3 is 2.38 bits per heavy atom. The monoisotopic (exact) mass is 476 g/mol. The number of aliphatic carboxylic acids is 1. The maximum absolute atomic E-state index is 12.7. The third-order valence-electron chi connectivity index (χ3n) is 5.21. The molecular weight excluding hydrogens is 449 g/mol. The Morgan fingerprint density at radius 2 is 1.79 bits per heavy atom. The predicted molar refractivity (Wildman–Crippen MR) is 121 cm³/mol. The summed E-state index contributed by atoms with van der Waals surface area (Å²) in [7, 11) is 0. The summed E-state index contributed by atoms with van der Waals surface area (Å²) in [5, 5.41) is 21.9. The van der Waals surface area contributed by atoms with Crippen molar-refractivity contribution in [1.29, 1.82) is 0 Å². The lowest BCUT2D eigenvalue weighted by Gasteiger charge is -2.21. The quantitative estimate of drug-likeness (QED) is 0.290. The van der Waals surface area contributed by atoms with Gasteiger partial charge < -0.3 is 20.2 Å². The second-order valence-electron chi connectivity index (χ2n) is 7.89. The number of halogens is 3. The Bertz CT molecular complexity index is 1050. The number of hydrogen-bond donors (Lipinski definition) is 3. The van der Waals surface area contributed by atoms with Gasteiger partial charge in [0.05, 0.1) is 12.5 Å². The van der Waals surface area contributed by atoms with Crippen LogP contribution in [-0.4, -0.2) is 27.8 Å². The molecule has 0 amide bonds. The summed E-state index contributed by atoms with van der Waals surface area (Å²) in [5.41, 5.74) is 3.39. The molecule has 1 heterocycles. The van der Waals surface area contributed by atoms with Crippen LogP contribution in [0.15, 0.2) is 52.9 Å². The molecule has 1 aromatic heterocycles. The maximum Gasteiger partial charge on any atom is 0.470 e. The van der Waals surface area contributed by atoms with E-state index in [-0.39, 0.29) is 18.4 Å².